The summed E-state index contributed by atoms with van der Waals surface area (Å²) in [6.07, 6.45) is 3.23. The number of rotatable bonds is 2. The van der Waals surface area contributed by atoms with Crippen LogP contribution in [-0.4, -0.2) is 15.4 Å². The molecule has 0 amide bonds. The fourth-order valence-corrected chi connectivity index (χ4v) is 0.534. The van der Waals surface area contributed by atoms with Gasteiger partial charge in [0.05, 0.1) is 11.4 Å². The van der Waals surface area contributed by atoms with Crippen LogP contribution < -0.4 is 0 Å². The highest BCUT2D eigenvalue weighted by molar-refractivity contribution is 5.47. The van der Waals surface area contributed by atoms with Crippen molar-refractivity contribution in [3.63, 3.8) is 0 Å². The summed E-state index contributed by atoms with van der Waals surface area (Å²) in [5, 5.41) is 10.8. The maximum absolute atomic E-state index is 3.68. The van der Waals surface area contributed by atoms with Crippen LogP contribution in [0.25, 0.3) is 12.2 Å². The first kappa shape index (κ1) is 6.61. The zero-order chi connectivity index (χ0) is 7.40. The molecule has 3 nitrogen and oxygen atoms in total. The van der Waals surface area contributed by atoms with Crippen LogP contribution in [-0.2, 0) is 0 Å². The number of nitrogens with zero attached hydrogens (tertiary/aromatic N) is 3. The second-order valence-corrected chi connectivity index (χ2v) is 1.69. The third kappa shape index (κ3) is 1.25. The van der Waals surface area contributed by atoms with Crippen LogP contribution in [0.1, 0.15) is 11.4 Å². The van der Waals surface area contributed by atoms with Crippen molar-refractivity contribution in [2.45, 2.75) is 0 Å². The zero-order valence-electron chi connectivity index (χ0n) is 5.49. The average molecular weight is 133 g/mol. The van der Waals surface area contributed by atoms with Gasteiger partial charge in [0.1, 0.15) is 0 Å². The molecule has 0 aliphatic carbocycles. The summed E-state index contributed by atoms with van der Waals surface area (Å²) in [6.45, 7) is 7.08. The van der Waals surface area contributed by atoms with Gasteiger partial charge in [-0.1, -0.05) is 13.2 Å². The van der Waals surface area contributed by atoms with Gasteiger partial charge in [-0.2, -0.15) is 0 Å². The highest BCUT2D eigenvalue weighted by Gasteiger charge is 1.89. The first-order chi connectivity index (χ1) is 4.86. The van der Waals surface area contributed by atoms with E-state index < -0.39 is 0 Å². The lowest BCUT2D eigenvalue weighted by molar-refractivity contribution is 0.851. The van der Waals surface area contributed by atoms with E-state index in [-0.39, 0.29) is 0 Å². The summed E-state index contributed by atoms with van der Waals surface area (Å²) in [5.41, 5.74) is 1.43. The van der Waals surface area contributed by atoms with Crippen molar-refractivity contribution in [3.05, 3.63) is 30.6 Å². The van der Waals surface area contributed by atoms with Gasteiger partial charge in [-0.15, -0.1) is 10.2 Å². The number of hydrogen-bond acceptors (Lipinski definition) is 3. The molecule has 50 valence electrons. The van der Waals surface area contributed by atoms with E-state index in [0.717, 1.165) is 0 Å². The Morgan fingerprint density at radius 2 is 1.60 bits per heavy atom. The Kier molecular flexibility index (Phi) is 1.89. The summed E-state index contributed by atoms with van der Waals surface area (Å²) in [4.78, 5) is 0. The third-order valence-corrected chi connectivity index (χ3v) is 1.03. The van der Waals surface area contributed by atoms with Crippen LogP contribution in [0, 0.1) is 0 Å². The molecule has 1 rings (SSSR count). The predicted molar refractivity (Wildman–Crippen MR) is 40.0 cm³/mol. The van der Waals surface area contributed by atoms with E-state index in [1.54, 1.807) is 18.2 Å². The Labute approximate surface area is 59.1 Å². The topological polar surface area (TPSA) is 38.7 Å². The predicted octanol–water partition coefficient (Wildman–Crippen LogP) is 1.16. The van der Waals surface area contributed by atoms with E-state index in [1.807, 2.05) is 0 Å². The molecule has 10 heavy (non-hydrogen) atoms. The van der Waals surface area contributed by atoms with Gasteiger partial charge < -0.3 is 0 Å². The van der Waals surface area contributed by atoms with Gasteiger partial charge in [0.25, 0.3) is 0 Å². The highest BCUT2D eigenvalue weighted by Crippen LogP contribution is 1.97. The molecule has 0 aromatic carbocycles. The second kappa shape index (κ2) is 2.87. The standard InChI is InChI=1S/C7H7N3/c1-3-6-5-7(4-2)9-10-8-6/h3-5H,1-2H2. The summed E-state index contributed by atoms with van der Waals surface area (Å²) in [5.74, 6) is 0. The van der Waals surface area contributed by atoms with Gasteiger partial charge in [0, 0.05) is 0 Å². The minimum absolute atomic E-state index is 0.713. The van der Waals surface area contributed by atoms with Crippen LogP contribution >= 0.6 is 0 Å². The molecule has 0 N–H and O–H groups in total. The molecule has 1 aromatic heterocycles. The van der Waals surface area contributed by atoms with Crippen LogP contribution in [0.2, 0.25) is 0 Å². The van der Waals surface area contributed by atoms with Gasteiger partial charge in [0.15, 0.2) is 0 Å². The molecule has 1 aromatic rings. The van der Waals surface area contributed by atoms with Gasteiger partial charge in [0.2, 0.25) is 0 Å². The number of aromatic nitrogens is 3. The maximum Gasteiger partial charge on any atom is 0.0891 e. The molecule has 3 heteroatoms. The van der Waals surface area contributed by atoms with Crippen molar-refractivity contribution in [2.24, 2.45) is 0 Å². The quantitative estimate of drug-likeness (QED) is 0.607. The van der Waals surface area contributed by atoms with Gasteiger partial charge in [-0.3, -0.25) is 0 Å². The third-order valence-electron chi connectivity index (χ3n) is 1.03. The van der Waals surface area contributed by atoms with E-state index in [9.17, 15) is 0 Å². The molecule has 0 bridgehead atoms. The molecular formula is C7H7N3. The summed E-state index contributed by atoms with van der Waals surface area (Å²) in [7, 11) is 0. The Bertz CT molecular complexity index is 232. The lowest BCUT2D eigenvalue weighted by Gasteiger charge is -1.89. The molecule has 0 unspecified atom stereocenters. The molecule has 0 aliphatic rings. The summed E-state index contributed by atoms with van der Waals surface area (Å²) < 4.78 is 0. The van der Waals surface area contributed by atoms with Crippen LogP contribution in [0.15, 0.2) is 19.2 Å². The average Bonchev–Trinajstić information content (AvgIpc) is 2.05. The molecule has 0 atom stereocenters. The van der Waals surface area contributed by atoms with Crippen molar-refractivity contribution in [3.8, 4) is 0 Å². The highest BCUT2D eigenvalue weighted by atomic mass is 15.3. The lowest BCUT2D eigenvalue weighted by atomic mass is 10.3. The molecule has 0 saturated heterocycles. The molecule has 0 fully saturated rings. The largest absolute Gasteiger partial charge is 0.131 e. The van der Waals surface area contributed by atoms with Crippen molar-refractivity contribution in [1.82, 2.24) is 15.4 Å². The van der Waals surface area contributed by atoms with Gasteiger partial charge in [-0.25, -0.2) is 0 Å². The summed E-state index contributed by atoms with van der Waals surface area (Å²) >= 11 is 0. The van der Waals surface area contributed by atoms with Gasteiger partial charge >= 0.3 is 0 Å². The van der Waals surface area contributed by atoms with E-state index >= 15 is 0 Å². The van der Waals surface area contributed by atoms with E-state index in [2.05, 4.69) is 28.6 Å². The van der Waals surface area contributed by atoms with Crippen molar-refractivity contribution >= 4 is 12.2 Å². The minimum atomic E-state index is 0.713. The van der Waals surface area contributed by atoms with E-state index in [1.165, 1.54) is 0 Å². The maximum atomic E-state index is 3.68. The lowest BCUT2D eigenvalue weighted by Crippen LogP contribution is -1.91. The zero-order valence-corrected chi connectivity index (χ0v) is 5.49. The Hall–Kier alpha value is -1.51. The molecule has 0 radical (unpaired) electrons. The number of hydrogen-bond donors (Lipinski definition) is 0. The van der Waals surface area contributed by atoms with Crippen molar-refractivity contribution < 1.29 is 0 Å². The smallest absolute Gasteiger partial charge is 0.0891 e. The second-order valence-electron chi connectivity index (χ2n) is 1.69. The van der Waals surface area contributed by atoms with Gasteiger partial charge in [-0.05, 0) is 23.4 Å². The first-order valence-electron chi connectivity index (χ1n) is 2.82. The fourth-order valence-electron chi connectivity index (χ4n) is 0.534. The normalized spacial score (nSPS) is 8.80. The van der Waals surface area contributed by atoms with Crippen LogP contribution in [0.4, 0.5) is 0 Å². The monoisotopic (exact) mass is 133 g/mol. The van der Waals surface area contributed by atoms with Crippen LogP contribution in [0.5, 0.6) is 0 Å². The SMILES string of the molecule is C=Cc1cc(C=C)nnn1. The molecule has 1 heterocycles. The van der Waals surface area contributed by atoms with Crippen molar-refractivity contribution in [1.29, 1.82) is 0 Å². The Balaban J connectivity index is 3.09. The minimum Gasteiger partial charge on any atom is -0.131 e. The molecule has 0 aliphatic heterocycles. The molecule has 0 spiro atoms. The first-order valence-corrected chi connectivity index (χ1v) is 2.82. The van der Waals surface area contributed by atoms with E-state index in [0.29, 0.717) is 11.4 Å². The van der Waals surface area contributed by atoms with Crippen molar-refractivity contribution in [2.75, 3.05) is 0 Å². The Morgan fingerprint density at radius 1 is 1.10 bits per heavy atom. The van der Waals surface area contributed by atoms with Crippen LogP contribution in [0.3, 0.4) is 0 Å². The fraction of sp³-hybridized carbons (Fsp3) is 0. The molecular weight excluding hydrogens is 126 g/mol. The Morgan fingerprint density at radius 3 is 2.00 bits per heavy atom. The summed E-state index contributed by atoms with van der Waals surface area (Å²) in [6, 6.07) is 1.76. The van der Waals surface area contributed by atoms with E-state index in [4.69, 9.17) is 0 Å². The molecule has 0 saturated carbocycles.